The summed E-state index contributed by atoms with van der Waals surface area (Å²) in [5.74, 6) is -1.64. The Morgan fingerprint density at radius 3 is 1.21 bits per heavy atom. The molecule has 0 heterocycles. The van der Waals surface area contributed by atoms with Crippen LogP contribution in [0.25, 0.3) is 0 Å². The van der Waals surface area contributed by atoms with Crippen LogP contribution in [0.2, 0.25) is 0 Å². The molecule has 0 radical (unpaired) electrons. The smallest absolute Gasteiger partial charge is 0.461 e. The first-order valence-electron chi connectivity index (χ1n) is 27.5. The molecule has 402 valence electrons. The number of carbonyl (C=O) groups is 3. The van der Waals surface area contributed by atoms with Gasteiger partial charge in [0.2, 0.25) is 0 Å². The van der Waals surface area contributed by atoms with Gasteiger partial charge in [0.05, 0.1) is 26.2 Å². The van der Waals surface area contributed by atoms with E-state index in [1.165, 1.54) is 64.2 Å². The molecule has 0 aromatic rings. The number of hydrogen-bond acceptors (Lipinski definition) is 10. The number of phosphoric ester groups is 1. The van der Waals surface area contributed by atoms with Gasteiger partial charge in [-0.25, -0.2) is 4.57 Å². The van der Waals surface area contributed by atoms with Crippen LogP contribution in [0, 0.1) is 0 Å². The Morgan fingerprint density at radius 2 is 0.786 bits per heavy atom. The first kappa shape index (κ1) is 66.7. The third-order valence-corrected chi connectivity index (χ3v) is 12.3. The molecular formula is C58H99O11P. The van der Waals surface area contributed by atoms with Gasteiger partial charge >= 0.3 is 25.7 Å². The van der Waals surface area contributed by atoms with E-state index in [1.54, 1.807) is 6.08 Å². The number of esters is 3. The van der Waals surface area contributed by atoms with Crippen LogP contribution in [0.3, 0.4) is 0 Å². The summed E-state index contributed by atoms with van der Waals surface area (Å²) in [6, 6.07) is 0. The number of allylic oxidation sites excluding steroid dienone is 13. The van der Waals surface area contributed by atoms with Crippen LogP contribution < -0.4 is 0 Å². The maximum atomic E-state index is 12.9. The number of unbranched alkanes of at least 4 members (excludes halogenated alkanes) is 20. The molecule has 0 saturated carbocycles. The van der Waals surface area contributed by atoms with Crippen molar-refractivity contribution < 1.29 is 52.2 Å². The minimum atomic E-state index is -4.77. The van der Waals surface area contributed by atoms with Crippen molar-refractivity contribution in [3.8, 4) is 0 Å². The van der Waals surface area contributed by atoms with E-state index < -0.39 is 64.4 Å². The van der Waals surface area contributed by atoms with Crippen molar-refractivity contribution in [1.82, 2.24) is 0 Å². The Hall–Kier alpha value is -3.34. The van der Waals surface area contributed by atoms with Crippen molar-refractivity contribution in [1.29, 1.82) is 0 Å². The molecule has 0 aromatic carbocycles. The molecule has 0 amide bonds. The Morgan fingerprint density at radius 1 is 0.429 bits per heavy atom. The summed E-state index contributed by atoms with van der Waals surface area (Å²) in [4.78, 5) is 48.3. The van der Waals surface area contributed by atoms with Crippen molar-refractivity contribution in [2.24, 2.45) is 0 Å². The van der Waals surface area contributed by atoms with E-state index in [9.17, 15) is 28.9 Å². The largest absolute Gasteiger partial charge is 0.472 e. The van der Waals surface area contributed by atoms with Gasteiger partial charge in [-0.3, -0.25) is 23.4 Å². The Labute approximate surface area is 426 Å². The molecule has 2 N–H and O–H groups in total. The van der Waals surface area contributed by atoms with Crippen molar-refractivity contribution >= 4 is 25.7 Å². The molecule has 0 aliphatic heterocycles. The molecule has 3 atom stereocenters. The van der Waals surface area contributed by atoms with Gasteiger partial charge in [-0.1, -0.05) is 196 Å². The maximum absolute atomic E-state index is 12.9. The van der Waals surface area contributed by atoms with E-state index in [0.29, 0.717) is 19.3 Å². The fourth-order valence-electron chi connectivity index (χ4n) is 7.12. The Bertz CT molecular complexity index is 1500. The second kappa shape index (κ2) is 52.0. The molecule has 0 fully saturated rings. The fraction of sp³-hybridized carbons (Fsp3) is 0.707. The molecule has 0 rings (SSSR count). The first-order valence-corrected chi connectivity index (χ1v) is 29.0. The molecule has 3 unspecified atom stereocenters. The van der Waals surface area contributed by atoms with Gasteiger partial charge in [-0.15, -0.1) is 0 Å². The highest BCUT2D eigenvalue weighted by Crippen LogP contribution is 2.43. The van der Waals surface area contributed by atoms with Crippen molar-refractivity contribution in [3.63, 3.8) is 0 Å². The van der Waals surface area contributed by atoms with Gasteiger partial charge in [0.25, 0.3) is 0 Å². The van der Waals surface area contributed by atoms with E-state index >= 15 is 0 Å². The summed E-state index contributed by atoms with van der Waals surface area (Å²) in [6.07, 6.45) is 58.6. The predicted octanol–water partition coefficient (Wildman–Crippen LogP) is 15.9. The van der Waals surface area contributed by atoms with Crippen LogP contribution >= 0.6 is 7.82 Å². The molecule has 0 bridgehead atoms. The van der Waals surface area contributed by atoms with E-state index in [4.69, 9.17) is 23.3 Å². The lowest BCUT2D eigenvalue weighted by atomic mass is 10.1. The van der Waals surface area contributed by atoms with Gasteiger partial charge in [0.1, 0.15) is 12.7 Å². The quantitative estimate of drug-likeness (QED) is 0.0197. The highest BCUT2D eigenvalue weighted by atomic mass is 31.2. The van der Waals surface area contributed by atoms with Crippen molar-refractivity contribution in [2.75, 3.05) is 26.4 Å². The normalized spacial score (nSPS) is 14.1. The van der Waals surface area contributed by atoms with Crippen LogP contribution in [-0.4, -0.2) is 66.5 Å². The number of phosphoric acid groups is 1. The summed E-state index contributed by atoms with van der Waals surface area (Å²) in [7, 11) is -4.77. The molecule has 12 heteroatoms. The maximum Gasteiger partial charge on any atom is 0.472 e. The number of aliphatic hydroxyl groups is 1. The molecule has 70 heavy (non-hydrogen) atoms. The monoisotopic (exact) mass is 1000 g/mol. The van der Waals surface area contributed by atoms with Crippen LogP contribution in [0.5, 0.6) is 0 Å². The van der Waals surface area contributed by atoms with Crippen molar-refractivity contribution in [3.05, 3.63) is 85.1 Å². The molecule has 0 saturated heterocycles. The van der Waals surface area contributed by atoms with E-state index in [0.717, 1.165) is 103 Å². The molecule has 0 aliphatic rings. The summed E-state index contributed by atoms with van der Waals surface area (Å²) >= 11 is 0. The van der Waals surface area contributed by atoms with Gasteiger partial charge in [0.15, 0.2) is 6.10 Å². The second-order valence-electron chi connectivity index (χ2n) is 18.0. The fourth-order valence-corrected chi connectivity index (χ4v) is 7.91. The predicted molar refractivity (Wildman–Crippen MR) is 288 cm³/mol. The number of carbonyl (C=O) groups excluding carboxylic acids is 3. The van der Waals surface area contributed by atoms with Gasteiger partial charge < -0.3 is 24.2 Å². The number of aliphatic hydroxyl groups excluding tert-OH is 1. The number of ether oxygens (including phenoxy) is 3. The topological polar surface area (TPSA) is 155 Å². The zero-order valence-electron chi connectivity index (χ0n) is 44.2. The Balaban J connectivity index is 4.86. The van der Waals surface area contributed by atoms with Gasteiger partial charge in [-0.05, 0) is 96.3 Å². The third-order valence-electron chi connectivity index (χ3n) is 11.3. The van der Waals surface area contributed by atoms with E-state index in [-0.39, 0.29) is 19.3 Å². The zero-order chi connectivity index (χ0) is 51.3. The molecule has 0 aliphatic carbocycles. The number of hydrogen-bond donors (Lipinski definition) is 2. The van der Waals surface area contributed by atoms with Gasteiger partial charge in [0, 0.05) is 12.8 Å². The van der Waals surface area contributed by atoms with Crippen LogP contribution in [0.4, 0.5) is 0 Å². The second-order valence-corrected chi connectivity index (χ2v) is 19.5. The summed E-state index contributed by atoms with van der Waals surface area (Å²) in [6.45, 7) is 4.37. The van der Waals surface area contributed by atoms with Crippen LogP contribution in [0.15, 0.2) is 85.1 Å². The highest BCUT2D eigenvalue weighted by molar-refractivity contribution is 7.47. The lowest BCUT2D eigenvalue weighted by molar-refractivity contribution is -0.161. The molecule has 0 spiro atoms. The van der Waals surface area contributed by atoms with E-state index in [2.05, 4.69) is 87.6 Å². The standard InChI is InChI=1S/C58H99O11P/c1-4-7-10-13-16-19-22-25-27-30-32-35-38-41-44-47-56(60)65-51-55(69-58(62)49-46-43-40-37-34-31-28-26-23-20-17-14-11-8-5-2)53-67-70(63,64)66-52-54(50-59)68-57(61)48-45-42-39-36-33-29-24-21-18-15-12-9-6-3/h7,10,16,19,21,24-28,32,35,41,44,54-55,59H,4-6,8-9,11-15,17-18,20,22-23,29-31,33-34,36-40,42-43,45-53H2,1-3H3,(H,63,64)/b10-7-,19-16-,24-21-,27-25-,28-26-,35-32-,44-41-. The molecule has 11 nitrogen and oxygen atoms in total. The molecular weight excluding hydrogens is 904 g/mol. The highest BCUT2D eigenvalue weighted by Gasteiger charge is 2.28. The van der Waals surface area contributed by atoms with E-state index in [1.807, 2.05) is 12.2 Å². The SMILES string of the molecule is CC/C=C\C/C=C\C/C=C\C/C=C\C/C=C\CC(=O)OCC(COP(=O)(O)OCC(CO)OC(=O)CCCCCCC/C=C\CCCCCC)OC(=O)CCCCCCC/C=C\CCCCCCCC. The lowest BCUT2D eigenvalue weighted by Crippen LogP contribution is -2.30. The van der Waals surface area contributed by atoms with Crippen molar-refractivity contribution in [2.45, 2.75) is 238 Å². The summed E-state index contributed by atoms with van der Waals surface area (Å²) in [5.41, 5.74) is 0. The summed E-state index contributed by atoms with van der Waals surface area (Å²) < 4.78 is 39.3. The average molecular weight is 1000 g/mol. The zero-order valence-corrected chi connectivity index (χ0v) is 45.1. The lowest BCUT2D eigenvalue weighted by Gasteiger charge is -2.21. The van der Waals surface area contributed by atoms with Gasteiger partial charge in [-0.2, -0.15) is 0 Å². The Kier molecular flexibility index (Phi) is 49.5. The molecule has 0 aromatic heterocycles. The van der Waals surface area contributed by atoms with Crippen LogP contribution in [0.1, 0.15) is 226 Å². The number of rotatable bonds is 50. The van der Waals surface area contributed by atoms with Crippen LogP contribution in [-0.2, 0) is 42.2 Å². The summed E-state index contributed by atoms with van der Waals surface area (Å²) in [5, 5.41) is 9.79. The first-order chi connectivity index (χ1) is 34.2. The minimum Gasteiger partial charge on any atom is -0.461 e. The average Bonchev–Trinajstić information content (AvgIpc) is 3.35. The minimum absolute atomic E-state index is 0.00991. The third kappa shape index (κ3) is 49.6.